The number of hydrogen-bond donors (Lipinski definition) is 2. The molecule has 0 bridgehead atoms. The number of carboxylic acids is 1. The summed E-state index contributed by atoms with van der Waals surface area (Å²) in [5, 5.41) is 14.8. The van der Waals surface area contributed by atoms with E-state index in [9.17, 15) is 4.79 Å². The monoisotopic (exact) mass is 282 g/mol. The fourth-order valence-electron chi connectivity index (χ4n) is 1.44. The molecular formula is C12H11ClN2O2S. The van der Waals surface area contributed by atoms with E-state index in [1.165, 1.54) is 11.3 Å². The number of carbonyl (C=O) groups is 1. The molecule has 0 amide bonds. The fourth-order valence-corrected chi connectivity index (χ4v) is 2.34. The molecule has 2 aromatic rings. The summed E-state index contributed by atoms with van der Waals surface area (Å²) in [7, 11) is 0. The minimum atomic E-state index is -0.884. The number of hydrogen-bond acceptors (Lipinski definition) is 4. The molecule has 6 heteroatoms. The van der Waals surface area contributed by atoms with E-state index in [4.69, 9.17) is 16.7 Å². The highest BCUT2D eigenvalue weighted by atomic mass is 35.5. The lowest BCUT2D eigenvalue weighted by Gasteiger charge is -2.06. The van der Waals surface area contributed by atoms with Crippen molar-refractivity contribution in [3.05, 3.63) is 39.9 Å². The van der Waals surface area contributed by atoms with Crippen LogP contribution >= 0.6 is 22.9 Å². The first-order valence-corrected chi connectivity index (χ1v) is 6.50. The van der Waals surface area contributed by atoms with Crippen LogP contribution in [-0.4, -0.2) is 16.1 Å². The van der Waals surface area contributed by atoms with Crippen molar-refractivity contribution in [2.45, 2.75) is 13.3 Å². The van der Waals surface area contributed by atoms with Gasteiger partial charge in [0.15, 0.2) is 5.13 Å². The summed E-state index contributed by atoms with van der Waals surface area (Å²) < 4.78 is 0. The van der Waals surface area contributed by atoms with Crippen LogP contribution in [0.15, 0.2) is 23.6 Å². The number of benzene rings is 1. The highest BCUT2D eigenvalue weighted by Crippen LogP contribution is 2.26. The van der Waals surface area contributed by atoms with Gasteiger partial charge in [-0.2, -0.15) is 0 Å². The molecular weight excluding hydrogens is 272 g/mol. The Hall–Kier alpha value is -1.59. The molecule has 18 heavy (non-hydrogen) atoms. The quantitative estimate of drug-likeness (QED) is 0.901. The molecule has 2 N–H and O–H groups in total. The Labute approximate surface area is 113 Å². The van der Waals surface area contributed by atoms with Crippen molar-refractivity contribution in [2.24, 2.45) is 0 Å². The van der Waals surface area contributed by atoms with Crippen LogP contribution in [0.2, 0.25) is 5.02 Å². The first kappa shape index (κ1) is 12.9. The van der Waals surface area contributed by atoms with Crippen LogP contribution in [0.1, 0.15) is 11.3 Å². The summed E-state index contributed by atoms with van der Waals surface area (Å²) in [4.78, 5) is 14.8. The summed E-state index contributed by atoms with van der Waals surface area (Å²) in [5.74, 6) is -0.884. The number of carboxylic acid groups (broad SMARTS) is 1. The van der Waals surface area contributed by atoms with Crippen LogP contribution in [0.3, 0.4) is 0 Å². The minimum Gasteiger partial charge on any atom is -0.481 e. The molecule has 1 heterocycles. The third-order valence-corrected chi connectivity index (χ3v) is 3.37. The average Bonchev–Trinajstić information content (AvgIpc) is 2.70. The number of nitrogens with one attached hydrogen (secondary N) is 1. The van der Waals surface area contributed by atoms with Crippen molar-refractivity contribution in [2.75, 3.05) is 5.32 Å². The number of rotatable bonds is 4. The van der Waals surface area contributed by atoms with Crippen LogP contribution in [0.5, 0.6) is 0 Å². The molecule has 0 aliphatic rings. The highest BCUT2D eigenvalue weighted by Gasteiger charge is 2.07. The highest BCUT2D eigenvalue weighted by molar-refractivity contribution is 7.13. The molecule has 0 saturated carbocycles. The van der Waals surface area contributed by atoms with Crippen LogP contribution in [0, 0.1) is 6.92 Å². The maximum atomic E-state index is 10.6. The third-order valence-electron chi connectivity index (χ3n) is 2.33. The Kier molecular flexibility index (Phi) is 3.84. The Morgan fingerprint density at radius 1 is 1.56 bits per heavy atom. The first-order valence-electron chi connectivity index (χ1n) is 5.24. The molecule has 4 nitrogen and oxygen atoms in total. The van der Waals surface area contributed by atoms with Crippen molar-refractivity contribution >= 4 is 39.7 Å². The molecule has 0 unspecified atom stereocenters. The van der Waals surface area contributed by atoms with E-state index in [1.807, 2.05) is 25.1 Å². The first-order chi connectivity index (χ1) is 8.54. The normalized spacial score (nSPS) is 10.3. The molecule has 0 fully saturated rings. The zero-order valence-electron chi connectivity index (χ0n) is 9.61. The number of aryl methyl sites for hydroxylation is 1. The van der Waals surface area contributed by atoms with E-state index in [-0.39, 0.29) is 6.42 Å². The van der Waals surface area contributed by atoms with Crippen molar-refractivity contribution in [1.29, 1.82) is 0 Å². The lowest BCUT2D eigenvalue weighted by atomic mass is 10.2. The van der Waals surface area contributed by atoms with E-state index < -0.39 is 5.97 Å². The standard InChI is InChI=1S/C12H11ClN2O2S/c1-7-2-3-8(13)4-10(7)15-12-14-9(6-18-12)5-11(16)17/h2-4,6H,5H2,1H3,(H,14,15)(H,16,17). The lowest BCUT2D eigenvalue weighted by molar-refractivity contribution is -0.136. The van der Waals surface area contributed by atoms with Gasteiger partial charge in [0.25, 0.3) is 0 Å². The molecule has 0 radical (unpaired) electrons. The minimum absolute atomic E-state index is 0.0628. The second kappa shape index (κ2) is 5.37. The molecule has 94 valence electrons. The molecule has 1 aromatic carbocycles. The molecule has 0 atom stereocenters. The van der Waals surface area contributed by atoms with E-state index in [0.29, 0.717) is 15.8 Å². The van der Waals surface area contributed by atoms with Gasteiger partial charge in [-0.15, -0.1) is 11.3 Å². The largest absolute Gasteiger partial charge is 0.481 e. The second-order valence-corrected chi connectivity index (χ2v) is 5.09. The number of aromatic nitrogens is 1. The van der Waals surface area contributed by atoms with Gasteiger partial charge in [-0.25, -0.2) is 4.98 Å². The second-order valence-electron chi connectivity index (χ2n) is 3.80. The van der Waals surface area contributed by atoms with E-state index in [1.54, 1.807) is 5.38 Å². The predicted molar refractivity (Wildman–Crippen MR) is 72.9 cm³/mol. The maximum Gasteiger partial charge on any atom is 0.309 e. The summed E-state index contributed by atoms with van der Waals surface area (Å²) in [6, 6.07) is 5.55. The van der Waals surface area contributed by atoms with Gasteiger partial charge >= 0.3 is 5.97 Å². The van der Waals surface area contributed by atoms with Gasteiger partial charge < -0.3 is 10.4 Å². The SMILES string of the molecule is Cc1ccc(Cl)cc1Nc1nc(CC(=O)O)cs1. The van der Waals surface area contributed by atoms with E-state index >= 15 is 0 Å². The zero-order valence-corrected chi connectivity index (χ0v) is 11.2. The van der Waals surface area contributed by atoms with Gasteiger partial charge in [-0.1, -0.05) is 17.7 Å². The van der Waals surface area contributed by atoms with Gasteiger partial charge in [0.05, 0.1) is 12.1 Å². The summed E-state index contributed by atoms with van der Waals surface area (Å²) in [6.07, 6.45) is -0.0628. The Morgan fingerprint density at radius 2 is 2.33 bits per heavy atom. The van der Waals surface area contributed by atoms with Gasteiger partial charge in [0.1, 0.15) is 0 Å². The zero-order chi connectivity index (χ0) is 13.1. The molecule has 2 rings (SSSR count). The van der Waals surface area contributed by atoms with Crippen LogP contribution in [0.4, 0.5) is 10.8 Å². The van der Waals surface area contributed by atoms with Crippen LogP contribution in [0.25, 0.3) is 0 Å². The summed E-state index contributed by atoms with van der Waals surface area (Å²) in [5.41, 5.74) is 2.47. The molecule has 0 aliphatic carbocycles. The van der Waals surface area contributed by atoms with E-state index in [0.717, 1.165) is 11.3 Å². The third kappa shape index (κ3) is 3.21. The van der Waals surface area contributed by atoms with Crippen molar-refractivity contribution in [1.82, 2.24) is 4.98 Å². The number of aliphatic carboxylic acids is 1. The van der Waals surface area contributed by atoms with Gasteiger partial charge in [0.2, 0.25) is 0 Å². The number of anilines is 2. The topological polar surface area (TPSA) is 62.2 Å². The van der Waals surface area contributed by atoms with Crippen molar-refractivity contribution in [3.63, 3.8) is 0 Å². The Morgan fingerprint density at radius 3 is 3.06 bits per heavy atom. The van der Waals surface area contributed by atoms with Crippen LogP contribution in [-0.2, 0) is 11.2 Å². The van der Waals surface area contributed by atoms with Gasteiger partial charge in [0, 0.05) is 16.1 Å². The smallest absolute Gasteiger partial charge is 0.309 e. The summed E-state index contributed by atoms with van der Waals surface area (Å²) >= 11 is 7.29. The number of thiazole rings is 1. The maximum absolute atomic E-state index is 10.6. The fraction of sp³-hybridized carbons (Fsp3) is 0.167. The Bertz CT molecular complexity index is 583. The lowest BCUT2D eigenvalue weighted by Crippen LogP contribution is -2.00. The summed E-state index contributed by atoms with van der Waals surface area (Å²) in [6.45, 7) is 1.96. The molecule has 0 aliphatic heterocycles. The van der Waals surface area contributed by atoms with Gasteiger partial charge in [-0.3, -0.25) is 4.79 Å². The Balaban J connectivity index is 2.16. The predicted octanol–water partition coefficient (Wildman–Crippen LogP) is 3.48. The van der Waals surface area contributed by atoms with Gasteiger partial charge in [-0.05, 0) is 24.6 Å². The van der Waals surface area contributed by atoms with Crippen molar-refractivity contribution < 1.29 is 9.90 Å². The molecule has 0 saturated heterocycles. The number of nitrogens with zero attached hydrogens (tertiary/aromatic N) is 1. The van der Waals surface area contributed by atoms with E-state index in [2.05, 4.69) is 10.3 Å². The number of halogens is 1. The molecule has 0 spiro atoms. The average molecular weight is 283 g/mol. The van der Waals surface area contributed by atoms with Crippen molar-refractivity contribution in [3.8, 4) is 0 Å². The molecule has 1 aromatic heterocycles. The van der Waals surface area contributed by atoms with Crippen LogP contribution < -0.4 is 5.32 Å².